The van der Waals surface area contributed by atoms with Crippen LogP contribution in [0.2, 0.25) is 0 Å². The van der Waals surface area contributed by atoms with Crippen molar-refractivity contribution < 1.29 is 14.6 Å². The second kappa shape index (κ2) is 4.84. The molecule has 15 heavy (non-hydrogen) atoms. The average molecular weight is 217 g/mol. The summed E-state index contributed by atoms with van der Waals surface area (Å²) >= 11 is 0. The quantitative estimate of drug-likeness (QED) is 0.760. The molecule has 0 heterocycles. The molecule has 4 nitrogen and oxygen atoms in total. The lowest BCUT2D eigenvalue weighted by atomic mass is 10.0. The zero-order valence-corrected chi connectivity index (χ0v) is 10.5. The summed E-state index contributed by atoms with van der Waals surface area (Å²) in [5, 5.41) is 12.2. The summed E-state index contributed by atoms with van der Waals surface area (Å²) < 4.78 is 5.09. The number of alkyl carbamates (subject to hydrolysis) is 1. The van der Waals surface area contributed by atoms with Crippen LogP contribution in [0.4, 0.5) is 4.79 Å². The highest BCUT2D eigenvalue weighted by molar-refractivity contribution is 5.68. The molecule has 0 aliphatic carbocycles. The Morgan fingerprint density at radius 2 is 1.80 bits per heavy atom. The summed E-state index contributed by atoms with van der Waals surface area (Å²) in [6.45, 7) is 10.7. The summed E-state index contributed by atoms with van der Waals surface area (Å²) in [5.74, 6) is 0. The molecule has 1 amide bonds. The molecule has 0 saturated heterocycles. The molecule has 4 heteroatoms. The van der Waals surface area contributed by atoms with Gasteiger partial charge in [0.05, 0.1) is 5.60 Å². The minimum Gasteiger partial charge on any atom is -0.444 e. The molecule has 0 aromatic rings. The Morgan fingerprint density at radius 3 is 2.13 bits per heavy atom. The van der Waals surface area contributed by atoms with Gasteiger partial charge in [-0.15, -0.1) is 0 Å². The number of carbonyl (C=O) groups is 1. The second-order valence-electron chi connectivity index (χ2n) is 5.56. The maximum Gasteiger partial charge on any atom is 0.407 e. The molecule has 0 spiro atoms. The van der Waals surface area contributed by atoms with E-state index in [1.54, 1.807) is 13.8 Å². The van der Waals surface area contributed by atoms with E-state index >= 15 is 0 Å². The van der Waals surface area contributed by atoms with Gasteiger partial charge in [-0.3, -0.25) is 0 Å². The Kier molecular flexibility index (Phi) is 4.59. The van der Waals surface area contributed by atoms with E-state index in [0.717, 1.165) is 0 Å². The Hall–Kier alpha value is -0.770. The van der Waals surface area contributed by atoms with Crippen LogP contribution < -0.4 is 5.32 Å². The lowest BCUT2D eigenvalue weighted by Crippen LogP contribution is -2.40. The maximum atomic E-state index is 11.3. The molecule has 0 bridgehead atoms. The Bertz CT molecular complexity index is 213. The van der Waals surface area contributed by atoms with Crippen LogP contribution >= 0.6 is 0 Å². The van der Waals surface area contributed by atoms with Crippen molar-refractivity contribution in [1.29, 1.82) is 0 Å². The molecule has 2 N–H and O–H groups in total. The minimum atomic E-state index is -0.783. The van der Waals surface area contributed by atoms with Gasteiger partial charge in [0, 0.05) is 6.04 Å². The van der Waals surface area contributed by atoms with Crippen molar-refractivity contribution in [3.05, 3.63) is 0 Å². The van der Waals surface area contributed by atoms with Gasteiger partial charge in [-0.1, -0.05) is 0 Å². The zero-order chi connectivity index (χ0) is 12.3. The molecule has 0 aromatic carbocycles. The summed E-state index contributed by atoms with van der Waals surface area (Å²) in [4.78, 5) is 11.3. The fourth-order valence-corrected chi connectivity index (χ4v) is 1.31. The van der Waals surface area contributed by atoms with Crippen LogP contribution in [0.15, 0.2) is 0 Å². The third-order valence-electron chi connectivity index (χ3n) is 1.57. The van der Waals surface area contributed by atoms with Crippen molar-refractivity contribution in [2.75, 3.05) is 0 Å². The number of hydrogen-bond donors (Lipinski definition) is 2. The Morgan fingerprint density at radius 1 is 1.33 bits per heavy atom. The predicted octanol–water partition coefficient (Wildman–Crippen LogP) is 2.06. The van der Waals surface area contributed by atoms with Crippen LogP contribution in [0.5, 0.6) is 0 Å². The lowest BCUT2D eigenvalue weighted by Gasteiger charge is -2.25. The summed E-state index contributed by atoms with van der Waals surface area (Å²) in [6.07, 6.45) is 0.0472. The predicted molar refractivity (Wildman–Crippen MR) is 59.7 cm³/mol. The highest BCUT2D eigenvalue weighted by Crippen LogP contribution is 2.11. The fourth-order valence-electron chi connectivity index (χ4n) is 1.31. The van der Waals surface area contributed by atoms with E-state index in [0.29, 0.717) is 6.42 Å². The maximum absolute atomic E-state index is 11.3. The first-order valence-electron chi connectivity index (χ1n) is 5.21. The van der Waals surface area contributed by atoms with E-state index in [2.05, 4.69) is 5.32 Å². The average Bonchev–Trinajstić information content (AvgIpc) is 1.73. The van der Waals surface area contributed by atoms with Crippen LogP contribution in [0.25, 0.3) is 0 Å². The van der Waals surface area contributed by atoms with Gasteiger partial charge in [-0.2, -0.15) is 0 Å². The van der Waals surface area contributed by atoms with E-state index < -0.39 is 17.3 Å². The smallest absolute Gasteiger partial charge is 0.407 e. The second-order valence-corrected chi connectivity index (χ2v) is 5.56. The van der Waals surface area contributed by atoms with Gasteiger partial charge in [0.15, 0.2) is 0 Å². The number of rotatable bonds is 3. The summed E-state index contributed by atoms with van der Waals surface area (Å²) in [5.41, 5.74) is -1.27. The zero-order valence-electron chi connectivity index (χ0n) is 10.5. The number of ether oxygens (including phenoxy) is 1. The highest BCUT2D eigenvalue weighted by atomic mass is 16.6. The van der Waals surface area contributed by atoms with Crippen LogP contribution in [-0.4, -0.2) is 28.4 Å². The van der Waals surface area contributed by atoms with Crippen molar-refractivity contribution in [3.63, 3.8) is 0 Å². The molecular formula is C11H23NO3. The van der Waals surface area contributed by atoms with Crippen molar-refractivity contribution in [2.45, 2.75) is 65.2 Å². The van der Waals surface area contributed by atoms with Crippen LogP contribution in [-0.2, 0) is 4.74 Å². The van der Waals surface area contributed by atoms with Gasteiger partial charge in [0.2, 0.25) is 0 Å². The summed E-state index contributed by atoms with van der Waals surface area (Å²) in [6, 6.07) is -0.111. The third kappa shape index (κ3) is 9.53. The lowest BCUT2D eigenvalue weighted by molar-refractivity contribution is 0.0408. The highest BCUT2D eigenvalue weighted by Gasteiger charge is 2.21. The van der Waals surface area contributed by atoms with Gasteiger partial charge in [-0.25, -0.2) is 4.79 Å². The standard InChI is InChI=1S/C11H23NO3/c1-8(7-11(5,6)14)12-9(13)15-10(2,3)4/h8,14H,7H2,1-6H3,(H,12,13). The largest absolute Gasteiger partial charge is 0.444 e. The van der Waals surface area contributed by atoms with Crippen molar-refractivity contribution in [3.8, 4) is 0 Å². The summed E-state index contributed by atoms with van der Waals surface area (Å²) in [7, 11) is 0. The van der Waals surface area contributed by atoms with Gasteiger partial charge < -0.3 is 15.2 Å². The van der Waals surface area contributed by atoms with E-state index in [4.69, 9.17) is 4.74 Å². The van der Waals surface area contributed by atoms with Gasteiger partial charge in [0.1, 0.15) is 5.60 Å². The Balaban J connectivity index is 3.98. The molecule has 0 rings (SSSR count). The first-order valence-corrected chi connectivity index (χ1v) is 5.21. The van der Waals surface area contributed by atoms with Crippen LogP contribution in [0.3, 0.4) is 0 Å². The van der Waals surface area contributed by atoms with Crippen LogP contribution in [0, 0.1) is 0 Å². The topological polar surface area (TPSA) is 58.6 Å². The molecule has 0 saturated carbocycles. The van der Waals surface area contributed by atoms with Crippen molar-refractivity contribution in [1.82, 2.24) is 5.32 Å². The van der Waals surface area contributed by atoms with E-state index in [1.807, 2.05) is 27.7 Å². The monoisotopic (exact) mass is 217 g/mol. The Labute approximate surface area is 92.0 Å². The SMILES string of the molecule is CC(CC(C)(C)O)NC(=O)OC(C)(C)C. The van der Waals surface area contributed by atoms with Gasteiger partial charge >= 0.3 is 6.09 Å². The van der Waals surface area contributed by atoms with Gasteiger partial charge in [0.25, 0.3) is 0 Å². The number of nitrogens with one attached hydrogen (secondary N) is 1. The number of aliphatic hydroxyl groups is 1. The third-order valence-corrected chi connectivity index (χ3v) is 1.57. The van der Waals surface area contributed by atoms with Crippen molar-refractivity contribution in [2.24, 2.45) is 0 Å². The van der Waals surface area contributed by atoms with Gasteiger partial charge in [-0.05, 0) is 48.0 Å². The molecular weight excluding hydrogens is 194 g/mol. The molecule has 0 aromatic heterocycles. The molecule has 0 aliphatic rings. The molecule has 0 fully saturated rings. The van der Waals surface area contributed by atoms with E-state index in [1.165, 1.54) is 0 Å². The number of hydrogen-bond acceptors (Lipinski definition) is 3. The molecule has 90 valence electrons. The van der Waals surface area contributed by atoms with E-state index in [9.17, 15) is 9.90 Å². The minimum absolute atomic E-state index is 0.111. The molecule has 1 unspecified atom stereocenters. The normalized spacial score (nSPS) is 14.6. The number of amides is 1. The van der Waals surface area contributed by atoms with Crippen LogP contribution in [0.1, 0.15) is 48.0 Å². The molecule has 0 aliphatic heterocycles. The van der Waals surface area contributed by atoms with Crippen molar-refractivity contribution >= 4 is 6.09 Å². The molecule has 1 atom stereocenters. The fraction of sp³-hybridized carbons (Fsp3) is 0.909. The first kappa shape index (κ1) is 14.2. The van der Waals surface area contributed by atoms with E-state index in [-0.39, 0.29) is 6.04 Å². The first-order chi connectivity index (χ1) is 6.49. The number of carbonyl (C=O) groups excluding carboxylic acids is 1. The molecule has 0 radical (unpaired) electrons.